The highest BCUT2D eigenvalue weighted by molar-refractivity contribution is 6.10. The van der Waals surface area contributed by atoms with Crippen LogP contribution in [0.3, 0.4) is 0 Å². The minimum atomic E-state index is -1.18. The van der Waals surface area contributed by atoms with E-state index in [2.05, 4.69) is 10.6 Å². The summed E-state index contributed by atoms with van der Waals surface area (Å²) in [6.07, 6.45) is 1.09. The number of hydrogen-bond acceptors (Lipinski definition) is 3. The smallest absolute Gasteiger partial charge is 0.324 e. The SMILES string of the molecule is CCCC1(c2ccccc2)NC(=O)N(CC(=O)Nc2ccc(C)c(F)c2)C1=O. The molecule has 0 aromatic heterocycles. The quantitative estimate of drug-likeness (QED) is 0.751. The Kier molecular flexibility index (Phi) is 5.44. The van der Waals surface area contributed by atoms with Crippen molar-refractivity contribution in [2.75, 3.05) is 11.9 Å². The third kappa shape index (κ3) is 3.60. The second kappa shape index (κ2) is 7.80. The molecule has 6 nitrogen and oxygen atoms in total. The molecule has 1 aliphatic rings. The van der Waals surface area contributed by atoms with Gasteiger partial charge in [-0.25, -0.2) is 9.18 Å². The molecule has 146 valence electrons. The number of carbonyl (C=O) groups excluding carboxylic acids is 3. The number of imide groups is 1. The van der Waals surface area contributed by atoms with Gasteiger partial charge in [-0.15, -0.1) is 0 Å². The summed E-state index contributed by atoms with van der Waals surface area (Å²) in [5, 5.41) is 5.29. The van der Waals surface area contributed by atoms with Crippen LogP contribution in [0.2, 0.25) is 0 Å². The van der Waals surface area contributed by atoms with Crippen LogP contribution in [0.4, 0.5) is 14.9 Å². The Hall–Kier alpha value is -3.22. The van der Waals surface area contributed by atoms with Crippen LogP contribution in [0.5, 0.6) is 0 Å². The van der Waals surface area contributed by atoms with Crippen molar-refractivity contribution in [3.05, 3.63) is 65.5 Å². The molecular weight excluding hydrogens is 361 g/mol. The number of rotatable bonds is 6. The molecule has 4 amide bonds. The highest BCUT2D eigenvalue weighted by Gasteiger charge is 2.52. The van der Waals surface area contributed by atoms with Gasteiger partial charge in [0.1, 0.15) is 17.9 Å². The van der Waals surface area contributed by atoms with Crippen molar-refractivity contribution in [3.63, 3.8) is 0 Å². The molecule has 2 aromatic rings. The summed E-state index contributed by atoms with van der Waals surface area (Å²) in [6, 6.07) is 12.7. The Bertz CT molecular complexity index is 916. The number of aryl methyl sites for hydroxylation is 1. The molecule has 0 radical (unpaired) electrons. The molecule has 1 aliphatic heterocycles. The van der Waals surface area contributed by atoms with Gasteiger partial charge < -0.3 is 10.6 Å². The van der Waals surface area contributed by atoms with Gasteiger partial charge in [0.25, 0.3) is 5.91 Å². The van der Waals surface area contributed by atoms with Crippen molar-refractivity contribution in [3.8, 4) is 0 Å². The van der Waals surface area contributed by atoms with Gasteiger partial charge in [-0.3, -0.25) is 14.5 Å². The van der Waals surface area contributed by atoms with E-state index in [0.717, 1.165) is 4.90 Å². The average molecular weight is 383 g/mol. The maximum atomic E-state index is 13.7. The number of nitrogens with zero attached hydrogens (tertiary/aromatic N) is 1. The zero-order valence-corrected chi connectivity index (χ0v) is 15.8. The molecule has 2 N–H and O–H groups in total. The van der Waals surface area contributed by atoms with Crippen LogP contribution in [0.1, 0.15) is 30.9 Å². The Morgan fingerprint density at radius 2 is 1.89 bits per heavy atom. The Balaban J connectivity index is 1.79. The first-order chi connectivity index (χ1) is 13.4. The summed E-state index contributed by atoms with van der Waals surface area (Å²) in [4.78, 5) is 38.9. The largest absolute Gasteiger partial charge is 0.325 e. The van der Waals surface area contributed by atoms with E-state index in [-0.39, 0.29) is 5.69 Å². The zero-order chi connectivity index (χ0) is 20.3. The Morgan fingerprint density at radius 1 is 1.18 bits per heavy atom. The minimum absolute atomic E-state index is 0.267. The van der Waals surface area contributed by atoms with Gasteiger partial charge in [-0.1, -0.05) is 49.7 Å². The molecule has 3 rings (SSSR count). The van der Waals surface area contributed by atoms with Crippen molar-refractivity contribution in [1.82, 2.24) is 10.2 Å². The van der Waals surface area contributed by atoms with Crippen LogP contribution in [-0.2, 0) is 15.1 Å². The van der Waals surface area contributed by atoms with Gasteiger partial charge in [0.05, 0.1) is 0 Å². The fourth-order valence-corrected chi connectivity index (χ4v) is 3.39. The molecule has 1 saturated heterocycles. The van der Waals surface area contributed by atoms with E-state index in [1.165, 1.54) is 6.07 Å². The topological polar surface area (TPSA) is 78.5 Å². The molecule has 2 aromatic carbocycles. The van der Waals surface area contributed by atoms with Crippen LogP contribution in [0.25, 0.3) is 0 Å². The molecule has 28 heavy (non-hydrogen) atoms. The summed E-state index contributed by atoms with van der Waals surface area (Å²) >= 11 is 0. The number of urea groups is 1. The molecule has 0 aliphatic carbocycles. The Morgan fingerprint density at radius 3 is 2.54 bits per heavy atom. The van der Waals surface area contributed by atoms with Crippen LogP contribution in [0, 0.1) is 12.7 Å². The highest BCUT2D eigenvalue weighted by Crippen LogP contribution is 2.33. The lowest BCUT2D eigenvalue weighted by molar-refractivity contribution is -0.134. The van der Waals surface area contributed by atoms with Crippen molar-refractivity contribution >= 4 is 23.5 Å². The van der Waals surface area contributed by atoms with Crippen LogP contribution in [-0.4, -0.2) is 29.3 Å². The van der Waals surface area contributed by atoms with E-state index in [4.69, 9.17) is 0 Å². The van der Waals surface area contributed by atoms with Crippen LogP contribution < -0.4 is 10.6 Å². The minimum Gasteiger partial charge on any atom is -0.324 e. The first-order valence-corrected chi connectivity index (χ1v) is 9.13. The second-order valence-electron chi connectivity index (χ2n) is 6.85. The van der Waals surface area contributed by atoms with Crippen molar-refractivity contribution in [1.29, 1.82) is 0 Å². The second-order valence-corrected chi connectivity index (χ2v) is 6.85. The number of nitrogens with one attached hydrogen (secondary N) is 2. The monoisotopic (exact) mass is 383 g/mol. The molecule has 1 atom stereocenters. The van der Waals surface area contributed by atoms with Gasteiger partial charge in [0.2, 0.25) is 5.91 Å². The molecule has 1 unspecified atom stereocenters. The first kappa shape index (κ1) is 19.5. The summed E-state index contributed by atoms with van der Waals surface area (Å²) in [6.45, 7) is 3.09. The van der Waals surface area contributed by atoms with Gasteiger partial charge >= 0.3 is 6.03 Å². The van der Waals surface area contributed by atoms with Gasteiger partial charge in [-0.2, -0.15) is 0 Å². The zero-order valence-electron chi connectivity index (χ0n) is 15.8. The Labute approximate surface area is 162 Å². The molecule has 0 spiro atoms. The summed E-state index contributed by atoms with van der Waals surface area (Å²) in [5.41, 5.74) is 0.227. The predicted octanol–water partition coefficient (Wildman–Crippen LogP) is 3.32. The van der Waals surface area contributed by atoms with Crippen LogP contribution in [0.15, 0.2) is 48.5 Å². The van der Waals surface area contributed by atoms with E-state index in [1.54, 1.807) is 43.3 Å². The van der Waals surface area contributed by atoms with Crippen molar-refractivity contribution < 1.29 is 18.8 Å². The molecular formula is C21H22FN3O3. The third-order valence-electron chi connectivity index (χ3n) is 4.82. The van der Waals surface area contributed by atoms with E-state index in [9.17, 15) is 18.8 Å². The maximum absolute atomic E-state index is 13.7. The lowest BCUT2D eigenvalue weighted by Crippen LogP contribution is -2.44. The van der Waals surface area contributed by atoms with Gasteiger partial charge in [-0.05, 0) is 36.6 Å². The number of halogens is 1. The third-order valence-corrected chi connectivity index (χ3v) is 4.82. The van der Waals surface area contributed by atoms with E-state index < -0.39 is 35.7 Å². The fourth-order valence-electron chi connectivity index (χ4n) is 3.39. The van der Waals surface area contributed by atoms with Crippen molar-refractivity contribution in [2.24, 2.45) is 0 Å². The molecule has 0 bridgehead atoms. The predicted molar refractivity (Wildman–Crippen MR) is 103 cm³/mol. The number of anilines is 1. The standard InChI is InChI=1S/C21H22FN3O3/c1-3-11-21(15-7-5-4-6-8-15)19(27)25(20(28)24-21)13-18(26)23-16-10-9-14(2)17(22)12-16/h4-10,12H,3,11,13H2,1-2H3,(H,23,26)(H,24,28). The number of amides is 4. The normalized spacial score (nSPS) is 18.9. The number of hydrogen-bond donors (Lipinski definition) is 2. The number of benzene rings is 2. The van der Waals surface area contributed by atoms with E-state index in [1.807, 2.05) is 13.0 Å². The maximum Gasteiger partial charge on any atom is 0.325 e. The fraction of sp³-hybridized carbons (Fsp3) is 0.286. The van der Waals surface area contributed by atoms with E-state index in [0.29, 0.717) is 24.0 Å². The summed E-state index contributed by atoms with van der Waals surface area (Å²) in [5.74, 6) is -1.48. The summed E-state index contributed by atoms with van der Waals surface area (Å²) in [7, 11) is 0. The lowest BCUT2D eigenvalue weighted by atomic mass is 9.85. The van der Waals surface area contributed by atoms with Crippen molar-refractivity contribution in [2.45, 2.75) is 32.2 Å². The van der Waals surface area contributed by atoms with Crippen LogP contribution >= 0.6 is 0 Å². The average Bonchev–Trinajstić information content (AvgIpc) is 2.91. The molecule has 7 heteroatoms. The van der Waals surface area contributed by atoms with Gasteiger partial charge in [0.15, 0.2) is 0 Å². The molecule has 1 fully saturated rings. The highest BCUT2D eigenvalue weighted by atomic mass is 19.1. The number of carbonyl (C=O) groups is 3. The molecule has 0 saturated carbocycles. The first-order valence-electron chi connectivity index (χ1n) is 9.13. The van der Waals surface area contributed by atoms with Gasteiger partial charge in [0, 0.05) is 5.69 Å². The summed E-state index contributed by atoms with van der Waals surface area (Å²) < 4.78 is 13.7. The van der Waals surface area contributed by atoms with E-state index >= 15 is 0 Å². The molecule has 1 heterocycles. The lowest BCUT2D eigenvalue weighted by Gasteiger charge is -2.26.